The molecule has 2 aromatic heterocycles. The molecule has 0 bridgehead atoms. The van der Waals surface area contributed by atoms with Crippen LogP contribution >= 0.6 is 11.3 Å². The summed E-state index contributed by atoms with van der Waals surface area (Å²) in [6.07, 6.45) is 4.50. The molecular formula is C14H15NO3S. The van der Waals surface area contributed by atoms with Gasteiger partial charge in [-0.3, -0.25) is 4.79 Å². The first-order valence-corrected chi connectivity index (χ1v) is 6.77. The highest BCUT2D eigenvalue weighted by atomic mass is 32.1. The maximum absolute atomic E-state index is 11.6. The summed E-state index contributed by atoms with van der Waals surface area (Å²) in [5, 5.41) is 16.6. The summed E-state index contributed by atoms with van der Waals surface area (Å²) in [4.78, 5) is 11.6. The van der Waals surface area contributed by atoms with Crippen molar-refractivity contribution in [3.8, 4) is 0 Å². The van der Waals surface area contributed by atoms with Crippen molar-refractivity contribution in [3.63, 3.8) is 0 Å². The van der Waals surface area contributed by atoms with Crippen molar-refractivity contribution in [1.82, 2.24) is 5.32 Å². The lowest BCUT2D eigenvalue weighted by Gasteiger charge is -2.22. The molecule has 0 fully saturated rings. The first-order valence-electron chi connectivity index (χ1n) is 5.82. The Hall–Kier alpha value is -1.85. The Bertz CT molecular complexity index is 541. The van der Waals surface area contributed by atoms with Crippen LogP contribution in [0.4, 0.5) is 0 Å². The van der Waals surface area contributed by atoms with Crippen molar-refractivity contribution in [2.24, 2.45) is 0 Å². The van der Waals surface area contributed by atoms with Gasteiger partial charge in [-0.1, -0.05) is 0 Å². The van der Waals surface area contributed by atoms with Crippen LogP contribution in [0.15, 0.2) is 45.7 Å². The summed E-state index contributed by atoms with van der Waals surface area (Å²) in [7, 11) is 0. The zero-order valence-corrected chi connectivity index (χ0v) is 11.3. The minimum absolute atomic E-state index is 0.158. The van der Waals surface area contributed by atoms with Crippen LogP contribution in [0.3, 0.4) is 0 Å². The van der Waals surface area contributed by atoms with Gasteiger partial charge in [0.25, 0.3) is 0 Å². The van der Waals surface area contributed by atoms with E-state index in [9.17, 15) is 9.90 Å². The van der Waals surface area contributed by atoms with Gasteiger partial charge >= 0.3 is 0 Å². The van der Waals surface area contributed by atoms with Crippen LogP contribution in [0.25, 0.3) is 6.08 Å². The third-order valence-corrected chi connectivity index (χ3v) is 3.38. The fourth-order valence-electron chi connectivity index (χ4n) is 1.54. The number of aliphatic hydroxyl groups is 1. The molecular weight excluding hydrogens is 262 g/mol. The largest absolute Gasteiger partial charge is 0.465 e. The molecule has 1 atom stereocenters. The molecule has 2 heterocycles. The number of nitrogens with one attached hydrogen (secondary N) is 1. The fourth-order valence-corrected chi connectivity index (χ4v) is 2.32. The van der Waals surface area contributed by atoms with E-state index in [2.05, 4.69) is 5.32 Å². The molecule has 5 heteroatoms. The van der Waals surface area contributed by atoms with Crippen LogP contribution in [0.1, 0.15) is 18.2 Å². The van der Waals surface area contributed by atoms with Crippen LogP contribution in [-0.4, -0.2) is 17.6 Å². The molecule has 1 amide bonds. The quantitative estimate of drug-likeness (QED) is 0.825. The molecule has 2 N–H and O–H groups in total. The fraction of sp³-hybridized carbons (Fsp3) is 0.214. The average molecular weight is 277 g/mol. The molecule has 4 nitrogen and oxygen atoms in total. The molecule has 0 saturated carbocycles. The Morgan fingerprint density at radius 3 is 3.05 bits per heavy atom. The number of carbonyl (C=O) groups is 1. The van der Waals surface area contributed by atoms with Gasteiger partial charge in [0.2, 0.25) is 5.91 Å². The second-order valence-corrected chi connectivity index (χ2v) is 5.13. The second-order valence-electron chi connectivity index (χ2n) is 4.35. The average Bonchev–Trinajstić information content (AvgIpc) is 3.06. The number of amides is 1. The smallest absolute Gasteiger partial charge is 0.244 e. The Kier molecular flexibility index (Phi) is 4.19. The standard InChI is InChI=1S/C14H15NO3S/c1-14(17,11-6-8-19-9-11)10-15-13(16)5-4-12-3-2-7-18-12/h2-9,17H,10H2,1H3,(H,15,16). The van der Waals surface area contributed by atoms with E-state index in [1.807, 2.05) is 16.8 Å². The monoisotopic (exact) mass is 277 g/mol. The molecule has 0 radical (unpaired) electrons. The summed E-state index contributed by atoms with van der Waals surface area (Å²) in [6.45, 7) is 1.83. The molecule has 19 heavy (non-hydrogen) atoms. The van der Waals surface area contributed by atoms with Gasteiger partial charge in [0.1, 0.15) is 11.4 Å². The summed E-state index contributed by atoms with van der Waals surface area (Å²) in [6, 6.07) is 5.35. The molecule has 0 aromatic carbocycles. The Balaban J connectivity index is 1.87. The van der Waals surface area contributed by atoms with Crippen molar-refractivity contribution in [2.75, 3.05) is 6.54 Å². The number of rotatable bonds is 5. The minimum atomic E-state index is -1.06. The van der Waals surface area contributed by atoms with Crippen LogP contribution in [0.2, 0.25) is 0 Å². The number of furan rings is 1. The normalized spacial score (nSPS) is 14.4. The van der Waals surface area contributed by atoms with Crippen molar-refractivity contribution < 1.29 is 14.3 Å². The van der Waals surface area contributed by atoms with Gasteiger partial charge in [0, 0.05) is 6.08 Å². The van der Waals surface area contributed by atoms with E-state index < -0.39 is 5.60 Å². The van der Waals surface area contributed by atoms with Gasteiger partial charge in [-0.2, -0.15) is 11.3 Å². The number of hydrogen-bond donors (Lipinski definition) is 2. The third-order valence-electron chi connectivity index (χ3n) is 2.69. The summed E-state index contributed by atoms with van der Waals surface area (Å²) >= 11 is 1.51. The van der Waals surface area contributed by atoms with Crippen molar-refractivity contribution in [1.29, 1.82) is 0 Å². The van der Waals surface area contributed by atoms with Gasteiger partial charge in [0.05, 0.1) is 12.8 Å². The zero-order valence-electron chi connectivity index (χ0n) is 10.5. The maximum atomic E-state index is 11.6. The van der Waals surface area contributed by atoms with Crippen molar-refractivity contribution in [3.05, 3.63) is 52.6 Å². The van der Waals surface area contributed by atoms with E-state index in [4.69, 9.17) is 4.42 Å². The van der Waals surface area contributed by atoms with Crippen molar-refractivity contribution in [2.45, 2.75) is 12.5 Å². The van der Waals surface area contributed by atoms with Gasteiger partial charge in [-0.15, -0.1) is 0 Å². The van der Waals surface area contributed by atoms with Crippen LogP contribution in [0, 0.1) is 0 Å². The Morgan fingerprint density at radius 2 is 2.42 bits per heavy atom. The maximum Gasteiger partial charge on any atom is 0.244 e. The van der Waals surface area contributed by atoms with Gasteiger partial charge in [-0.05, 0) is 47.5 Å². The van der Waals surface area contributed by atoms with Crippen molar-refractivity contribution >= 4 is 23.3 Å². The van der Waals surface area contributed by atoms with E-state index in [1.165, 1.54) is 17.4 Å². The summed E-state index contributed by atoms with van der Waals surface area (Å²) in [5.41, 5.74) is -0.262. The van der Waals surface area contributed by atoms with E-state index in [-0.39, 0.29) is 12.5 Å². The summed E-state index contributed by atoms with van der Waals surface area (Å²) < 4.78 is 5.07. The highest BCUT2D eigenvalue weighted by Crippen LogP contribution is 2.21. The predicted octanol–water partition coefficient (Wildman–Crippen LogP) is 2.38. The van der Waals surface area contributed by atoms with E-state index in [0.717, 1.165) is 5.56 Å². The Morgan fingerprint density at radius 1 is 1.58 bits per heavy atom. The predicted molar refractivity (Wildman–Crippen MR) is 74.6 cm³/mol. The Labute approximate surface area is 115 Å². The minimum Gasteiger partial charge on any atom is -0.465 e. The van der Waals surface area contributed by atoms with E-state index in [0.29, 0.717) is 5.76 Å². The molecule has 0 aliphatic rings. The molecule has 2 aromatic rings. The molecule has 0 aliphatic carbocycles. The number of carbonyl (C=O) groups excluding carboxylic acids is 1. The molecule has 0 aliphatic heterocycles. The number of thiophene rings is 1. The van der Waals surface area contributed by atoms with Gasteiger partial charge in [0.15, 0.2) is 0 Å². The van der Waals surface area contributed by atoms with Crippen LogP contribution in [-0.2, 0) is 10.4 Å². The van der Waals surface area contributed by atoms with Gasteiger partial charge < -0.3 is 14.8 Å². The molecule has 0 saturated heterocycles. The first-order chi connectivity index (χ1) is 9.08. The highest BCUT2D eigenvalue weighted by molar-refractivity contribution is 7.08. The lowest BCUT2D eigenvalue weighted by Crippen LogP contribution is -2.37. The van der Waals surface area contributed by atoms with E-state index >= 15 is 0 Å². The zero-order chi connectivity index (χ0) is 13.7. The van der Waals surface area contributed by atoms with E-state index in [1.54, 1.807) is 31.4 Å². The molecule has 0 spiro atoms. The molecule has 2 rings (SSSR count). The first kappa shape index (κ1) is 13.6. The number of hydrogen-bond acceptors (Lipinski definition) is 4. The lowest BCUT2D eigenvalue weighted by molar-refractivity contribution is -0.117. The van der Waals surface area contributed by atoms with Gasteiger partial charge in [-0.25, -0.2) is 0 Å². The molecule has 1 unspecified atom stereocenters. The topological polar surface area (TPSA) is 62.5 Å². The highest BCUT2D eigenvalue weighted by Gasteiger charge is 2.23. The summed E-state index contributed by atoms with van der Waals surface area (Å²) in [5.74, 6) is 0.339. The molecule has 100 valence electrons. The lowest BCUT2D eigenvalue weighted by atomic mass is 9.99. The third kappa shape index (κ3) is 3.81. The second kappa shape index (κ2) is 5.86. The van der Waals surface area contributed by atoms with Crippen LogP contribution < -0.4 is 5.32 Å². The van der Waals surface area contributed by atoms with Crippen LogP contribution in [0.5, 0.6) is 0 Å². The SMILES string of the molecule is CC(O)(CNC(=O)C=Cc1ccco1)c1ccsc1.